The molecule has 6 aromatic rings. The average molecular weight is 1450 g/mol. The average Bonchev–Trinajstić information content (AvgIpc) is 1.76. The Morgan fingerprint density at radius 3 is 1.41 bits per heavy atom. The molecule has 6 aliphatic carbocycles. The number of pyridine rings is 4. The summed E-state index contributed by atoms with van der Waals surface area (Å²) in [4.78, 5) is 25.3. The minimum atomic E-state index is -3.20. The van der Waals surface area contributed by atoms with E-state index in [1.54, 1.807) is 36.8 Å². The molecule has 0 saturated heterocycles. The lowest BCUT2D eigenvalue weighted by Gasteiger charge is -2.39. The molecule has 6 aromatic heterocycles. The van der Waals surface area contributed by atoms with E-state index >= 15 is 0 Å². The van der Waals surface area contributed by atoms with E-state index < -0.39 is 67.7 Å². The molecule has 0 spiro atoms. The Hall–Kier alpha value is -7.08. The first-order chi connectivity index (χ1) is 48.3. The molecule has 16 rings (SSSR count). The highest BCUT2D eigenvalue weighted by Crippen LogP contribution is 2.39. The Labute approximate surface area is 591 Å². The van der Waals surface area contributed by atoms with Gasteiger partial charge in [0.15, 0.2) is 0 Å². The van der Waals surface area contributed by atoms with Crippen molar-refractivity contribution in [2.24, 2.45) is 44.1 Å². The fourth-order valence-corrected chi connectivity index (χ4v) is 20.9. The van der Waals surface area contributed by atoms with Gasteiger partial charge in [0, 0.05) is 202 Å². The monoisotopic (exact) mass is 1450 g/mol. The van der Waals surface area contributed by atoms with Crippen molar-refractivity contribution in [3.63, 3.8) is 0 Å². The van der Waals surface area contributed by atoms with Crippen LogP contribution in [0.5, 0.6) is 0 Å². The quantitative estimate of drug-likeness (QED) is 0.0359. The van der Waals surface area contributed by atoms with Crippen molar-refractivity contribution in [2.45, 2.75) is 142 Å². The van der Waals surface area contributed by atoms with Gasteiger partial charge < -0.3 is 50.4 Å². The zero-order valence-corrected chi connectivity index (χ0v) is 60.6. The second-order valence-corrected chi connectivity index (χ2v) is 36.1. The Kier molecular flexibility index (Phi) is 21.2. The number of aromatic amines is 2. The van der Waals surface area contributed by atoms with Gasteiger partial charge in [-0.2, -0.15) is 15.3 Å². The predicted octanol–water partition coefficient (Wildman–Crippen LogP) is 0.211. The molecule has 36 heteroatoms. The standard InChI is InChI=1S/C17H23BN4O3S.C16H22BN5O2S.2C16H21BN4O3S/c1-3-7-26(24,25)21-12-8-11(9-12)17-16-13-5-4-6-15(13)19-10-14(16)18(23)22(2)20-17;1-3-6-25(2,24)21-11-7-10(8-11)15-14-12-4-5-18-16(12)19-9-13(14)17(23)22-20-15;1-3-6-25(2,23)21-11-7-10(8-11)15-14-12-4-5-18-16(12)19-9-13(14)17(22)24-20-15;1-2-6-25(23,24)20-11-7-10(8-11)16-15-12-4-3-5-14(12)18-9-13(15)17(22)21-19-16/h4-5,10-12,21,23H,3,6-9H2,1-2H3;4-5,9-11,22-23H,2-3,6-8H2,1H3,(H,18,19)(H,21,24);4-5,9-11,22H,2-3,6-8H2,1H3,(H,18,19)(H,21,23);3-4,9-11,20-22H,2,5-8H2,1H3. The summed E-state index contributed by atoms with van der Waals surface area (Å²) in [6, 6.07) is 4.20. The molecule has 0 bridgehead atoms. The number of H-pyrrole nitrogens is 2. The van der Waals surface area contributed by atoms with Gasteiger partial charge in [-0.25, -0.2) is 45.7 Å². The molecule has 4 saturated carbocycles. The van der Waals surface area contributed by atoms with Gasteiger partial charge in [0.05, 0.1) is 45.7 Å². The van der Waals surface area contributed by atoms with Crippen LogP contribution in [0.4, 0.5) is 0 Å². The number of hydrogen-bond acceptors (Lipinski definition) is 22. The van der Waals surface area contributed by atoms with E-state index in [4.69, 9.17) is 4.76 Å². The fraction of sp³-hybridized carbons (Fsp3) is 0.477. The lowest BCUT2D eigenvalue weighted by atomic mass is 9.65. The molecule has 4 aliphatic heterocycles. The number of hydrazone groups is 3. The summed E-state index contributed by atoms with van der Waals surface area (Å²) >= 11 is 0. The molecule has 0 radical (unpaired) electrons. The lowest BCUT2D eigenvalue weighted by Crippen LogP contribution is -2.54. The maximum absolute atomic E-state index is 12.3. The summed E-state index contributed by atoms with van der Waals surface area (Å²) in [6.45, 7) is 7.73. The van der Waals surface area contributed by atoms with Crippen molar-refractivity contribution >= 4 is 158 Å². The van der Waals surface area contributed by atoms with E-state index in [1.165, 1.54) is 0 Å². The van der Waals surface area contributed by atoms with Gasteiger partial charge in [-0.1, -0.05) is 52.0 Å². The molecular formula is C65H87B4N17O11S4. The summed E-state index contributed by atoms with van der Waals surface area (Å²) < 4.78 is 89.5. The number of fused-ring (bicyclic) bond motifs is 12. The summed E-state index contributed by atoms with van der Waals surface area (Å²) in [6.07, 6.45) is 29.5. The number of allylic oxidation sites excluding steroid dienone is 2. The lowest BCUT2D eigenvalue weighted by molar-refractivity contribution is 0.267. The molecule has 2 unspecified atom stereocenters. The Balaban J connectivity index is 0.000000120. The largest absolute Gasteiger partial charge is 0.585 e. The van der Waals surface area contributed by atoms with Crippen LogP contribution in [0, 0.1) is 23.7 Å². The number of nitrogens with one attached hydrogen (secondary N) is 8. The summed E-state index contributed by atoms with van der Waals surface area (Å²) in [5.41, 5.74) is 16.0. The van der Waals surface area contributed by atoms with Crippen LogP contribution in [-0.4, -0.2) is 197 Å². The molecule has 10 heterocycles. The number of nitrogens with zero attached hydrogens (tertiary/aromatic N) is 9. The number of aromatic nitrogens is 6. The van der Waals surface area contributed by atoms with Gasteiger partial charge in [0.1, 0.15) is 11.3 Å². The van der Waals surface area contributed by atoms with Crippen LogP contribution in [0.25, 0.3) is 34.2 Å². The first-order valence-electron chi connectivity index (χ1n) is 34.8. The van der Waals surface area contributed by atoms with Crippen LogP contribution >= 0.6 is 0 Å². The molecule has 4 fully saturated rings. The minimum Gasteiger partial charge on any atom is -0.428 e. The van der Waals surface area contributed by atoms with Crippen molar-refractivity contribution in [1.29, 1.82) is 0 Å². The second-order valence-electron chi connectivity index (χ2n) is 27.8. The topological polar surface area (TPSA) is 401 Å². The van der Waals surface area contributed by atoms with Crippen LogP contribution in [0.3, 0.4) is 0 Å². The minimum absolute atomic E-state index is 0.0368. The fourth-order valence-electron chi connectivity index (χ4n) is 15.1. The van der Waals surface area contributed by atoms with Crippen molar-refractivity contribution < 1.29 is 50.1 Å². The molecule has 0 aromatic carbocycles. The van der Waals surface area contributed by atoms with Gasteiger partial charge >= 0.3 is 28.3 Å². The molecule has 2 atom stereocenters. The van der Waals surface area contributed by atoms with Crippen molar-refractivity contribution in [2.75, 3.05) is 30.1 Å². The molecule has 101 heavy (non-hydrogen) atoms. The van der Waals surface area contributed by atoms with E-state index in [1.807, 2.05) is 58.3 Å². The zero-order valence-electron chi connectivity index (χ0n) is 57.3. The van der Waals surface area contributed by atoms with Gasteiger partial charge in [-0.3, -0.25) is 18.4 Å². The van der Waals surface area contributed by atoms with Crippen molar-refractivity contribution in [3.8, 4) is 0 Å². The van der Waals surface area contributed by atoms with Gasteiger partial charge in [0.2, 0.25) is 20.0 Å². The molecular weight excluding hydrogens is 1370 g/mol. The van der Waals surface area contributed by atoms with E-state index in [9.17, 15) is 45.3 Å². The van der Waals surface area contributed by atoms with Crippen molar-refractivity contribution in [3.05, 3.63) is 106 Å². The van der Waals surface area contributed by atoms with Crippen LogP contribution in [0.2, 0.25) is 0 Å². The first-order valence-corrected chi connectivity index (χ1v) is 41.9. The third-order valence-electron chi connectivity index (χ3n) is 20.1. The smallest absolute Gasteiger partial charge is 0.428 e. The van der Waals surface area contributed by atoms with E-state index in [2.05, 4.69) is 110 Å². The highest BCUT2D eigenvalue weighted by atomic mass is 32.2. The maximum Gasteiger partial charge on any atom is 0.585 e. The summed E-state index contributed by atoms with van der Waals surface area (Å²) in [7, 11) is -12.7. The SMILES string of the molecule is C=S(=O)(CCC)NC1CC(C2=NNB(O)c3cnc4[nH]ccc4c32)C1.C=S(=O)(CCC)NC1CC(C2=NOB(O)c3cnc4[nH]ccc4c32)C1.CCCS(=O)(=O)NC1CC(C2=NN(C)B(O)c3cnc4c(c32)C=CC4)C1.CCCS(=O)(=O)NC1CC(C2=NNB(O)c3cnc4c(c32)C=CC4)C1. The zero-order chi connectivity index (χ0) is 71.3. The molecule has 10 aliphatic rings. The van der Waals surface area contributed by atoms with Gasteiger partial charge in [-0.15, -0.1) is 5.16 Å². The molecule has 28 nitrogen and oxygen atoms in total. The first kappa shape index (κ1) is 72.3. The number of oxime groups is 1. The Bertz CT molecular complexity index is 4670. The van der Waals surface area contributed by atoms with Crippen LogP contribution in [0.1, 0.15) is 150 Å². The third kappa shape index (κ3) is 15.3. The van der Waals surface area contributed by atoms with Crippen LogP contribution in [0.15, 0.2) is 81.9 Å². The predicted molar refractivity (Wildman–Crippen MR) is 405 cm³/mol. The highest BCUT2D eigenvalue weighted by Gasteiger charge is 2.46. The number of hydrogen-bond donors (Lipinski definition) is 12. The van der Waals surface area contributed by atoms with Gasteiger partial charge in [0.25, 0.3) is 0 Å². The van der Waals surface area contributed by atoms with Crippen LogP contribution in [-0.2, 0) is 57.1 Å². The Morgan fingerprint density at radius 1 is 0.525 bits per heavy atom. The van der Waals surface area contributed by atoms with Crippen molar-refractivity contribution in [1.82, 2.24) is 64.4 Å². The molecule has 534 valence electrons. The summed E-state index contributed by atoms with van der Waals surface area (Å²) in [5, 5.41) is 66.0. The van der Waals surface area contributed by atoms with Gasteiger partial charge in [-0.05, 0) is 101 Å². The summed E-state index contributed by atoms with van der Waals surface area (Å²) in [5.74, 6) is 9.96. The van der Waals surface area contributed by atoms with E-state index in [0.29, 0.717) is 29.8 Å². The van der Waals surface area contributed by atoms with Crippen LogP contribution < -0.4 is 51.4 Å². The molecule has 12 N–H and O–H groups in total. The van der Waals surface area contributed by atoms with E-state index in [0.717, 1.165) is 183 Å². The number of rotatable bonds is 20. The Morgan fingerprint density at radius 2 is 0.921 bits per heavy atom. The normalized spacial score (nSPS) is 24.5. The third-order valence-corrected chi connectivity index (χ3v) is 27.0. The molecule has 0 amide bonds. The second kappa shape index (κ2) is 29.6. The van der Waals surface area contributed by atoms with E-state index in [-0.39, 0.29) is 59.3 Å². The highest BCUT2D eigenvalue weighted by molar-refractivity contribution is 7.98. The number of sulfonamides is 2. The maximum atomic E-state index is 12.3.